The van der Waals surface area contributed by atoms with Crippen LogP contribution < -0.4 is 5.32 Å². The Balaban J connectivity index is 1.67. The summed E-state index contributed by atoms with van der Waals surface area (Å²) in [5.41, 5.74) is 3.02. The number of hydrogen-bond donors (Lipinski definition) is 2. The number of aromatic amines is 1. The third kappa shape index (κ3) is 3.25. The first-order valence-electron chi connectivity index (χ1n) is 6.68. The molecule has 4 nitrogen and oxygen atoms in total. The Kier molecular flexibility index (Phi) is 3.64. The SMILES string of the molecule is Cc1ccc(-c2n[nH]c(CNc3ccc(F)cc3)n2)cc1. The molecule has 0 aliphatic heterocycles. The van der Waals surface area contributed by atoms with Crippen LogP contribution in [0.15, 0.2) is 48.5 Å². The predicted octanol–water partition coefficient (Wildman–Crippen LogP) is 3.53. The van der Waals surface area contributed by atoms with Gasteiger partial charge in [-0.05, 0) is 31.2 Å². The number of anilines is 1. The van der Waals surface area contributed by atoms with Crippen LogP contribution in [0.3, 0.4) is 0 Å². The molecule has 0 radical (unpaired) electrons. The van der Waals surface area contributed by atoms with Crippen molar-refractivity contribution in [2.75, 3.05) is 5.32 Å². The van der Waals surface area contributed by atoms with Gasteiger partial charge in [-0.3, -0.25) is 5.10 Å². The molecule has 0 aliphatic carbocycles. The van der Waals surface area contributed by atoms with E-state index in [2.05, 4.69) is 20.5 Å². The van der Waals surface area contributed by atoms with Gasteiger partial charge in [0.15, 0.2) is 5.82 Å². The van der Waals surface area contributed by atoms with Crippen molar-refractivity contribution in [3.8, 4) is 11.4 Å². The number of rotatable bonds is 4. The minimum Gasteiger partial charge on any atom is -0.378 e. The van der Waals surface area contributed by atoms with E-state index in [1.165, 1.54) is 17.7 Å². The van der Waals surface area contributed by atoms with Crippen molar-refractivity contribution >= 4 is 5.69 Å². The fourth-order valence-electron chi connectivity index (χ4n) is 1.96. The summed E-state index contributed by atoms with van der Waals surface area (Å²) in [7, 11) is 0. The molecule has 0 fully saturated rings. The van der Waals surface area contributed by atoms with E-state index in [4.69, 9.17) is 0 Å². The first-order valence-corrected chi connectivity index (χ1v) is 6.68. The fraction of sp³-hybridized carbons (Fsp3) is 0.125. The van der Waals surface area contributed by atoms with E-state index in [0.717, 1.165) is 17.1 Å². The quantitative estimate of drug-likeness (QED) is 0.769. The molecular formula is C16H15FN4. The second kappa shape index (κ2) is 5.75. The van der Waals surface area contributed by atoms with Gasteiger partial charge in [0.25, 0.3) is 0 Å². The molecule has 5 heteroatoms. The number of nitrogens with one attached hydrogen (secondary N) is 2. The molecule has 1 heterocycles. The second-order valence-electron chi connectivity index (χ2n) is 4.83. The standard InChI is InChI=1S/C16H15FN4/c1-11-2-4-12(5-3-11)16-19-15(20-21-16)10-18-14-8-6-13(17)7-9-14/h2-9,18H,10H2,1H3,(H,19,20,21). The van der Waals surface area contributed by atoms with Gasteiger partial charge >= 0.3 is 0 Å². The molecule has 1 aromatic heterocycles. The normalized spacial score (nSPS) is 10.6. The average molecular weight is 282 g/mol. The molecule has 0 atom stereocenters. The Hall–Kier alpha value is -2.69. The second-order valence-corrected chi connectivity index (χ2v) is 4.83. The highest BCUT2D eigenvalue weighted by Gasteiger charge is 2.05. The van der Waals surface area contributed by atoms with E-state index in [1.54, 1.807) is 12.1 Å². The van der Waals surface area contributed by atoms with Gasteiger partial charge in [-0.1, -0.05) is 29.8 Å². The lowest BCUT2D eigenvalue weighted by molar-refractivity contribution is 0.628. The van der Waals surface area contributed by atoms with Crippen LogP contribution in [0.25, 0.3) is 11.4 Å². The molecule has 0 aliphatic rings. The molecule has 0 saturated heterocycles. The smallest absolute Gasteiger partial charge is 0.181 e. The van der Waals surface area contributed by atoms with Crippen LogP contribution in [0.4, 0.5) is 10.1 Å². The Bertz CT molecular complexity index is 717. The maximum atomic E-state index is 12.8. The van der Waals surface area contributed by atoms with Crippen LogP contribution in [-0.4, -0.2) is 15.2 Å². The number of nitrogens with zero attached hydrogens (tertiary/aromatic N) is 2. The van der Waals surface area contributed by atoms with Gasteiger partial charge in [0.05, 0.1) is 6.54 Å². The van der Waals surface area contributed by atoms with E-state index < -0.39 is 0 Å². The lowest BCUT2D eigenvalue weighted by atomic mass is 10.1. The summed E-state index contributed by atoms with van der Waals surface area (Å²) in [6, 6.07) is 14.3. The third-order valence-corrected chi connectivity index (χ3v) is 3.15. The summed E-state index contributed by atoms with van der Waals surface area (Å²) in [4.78, 5) is 4.44. The van der Waals surface area contributed by atoms with Crippen molar-refractivity contribution in [3.63, 3.8) is 0 Å². The zero-order valence-electron chi connectivity index (χ0n) is 11.6. The lowest BCUT2D eigenvalue weighted by Gasteiger charge is -2.03. The molecular weight excluding hydrogens is 267 g/mol. The number of aryl methyl sites for hydroxylation is 1. The lowest BCUT2D eigenvalue weighted by Crippen LogP contribution is -2.01. The van der Waals surface area contributed by atoms with Crippen LogP contribution in [0.2, 0.25) is 0 Å². The molecule has 3 aromatic rings. The summed E-state index contributed by atoms with van der Waals surface area (Å²) >= 11 is 0. The number of benzene rings is 2. The molecule has 2 N–H and O–H groups in total. The van der Waals surface area contributed by atoms with Gasteiger partial charge in [-0.25, -0.2) is 9.37 Å². The zero-order chi connectivity index (χ0) is 14.7. The number of aromatic nitrogens is 3. The number of H-pyrrole nitrogens is 1. The topological polar surface area (TPSA) is 53.6 Å². The summed E-state index contributed by atoms with van der Waals surface area (Å²) in [6.07, 6.45) is 0. The summed E-state index contributed by atoms with van der Waals surface area (Å²) in [6.45, 7) is 2.55. The first-order chi connectivity index (χ1) is 10.2. The van der Waals surface area contributed by atoms with Crippen LogP contribution in [0.1, 0.15) is 11.4 Å². The Morgan fingerprint density at radius 1 is 1.05 bits per heavy atom. The zero-order valence-corrected chi connectivity index (χ0v) is 11.6. The number of halogens is 1. The van der Waals surface area contributed by atoms with Gasteiger partial charge < -0.3 is 5.32 Å². The molecule has 0 amide bonds. The molecule has 0 bridgehead atoms. The fourth-order valence-corrected chi connectivity index (χ4v) is 1.96. The monoisotopic (exact) mass is 282 g/mol. The van der Waals surface area contributed by atoms with E-state index in [-0.39, 0.29) is 5.82 Å². The van der Waals surface area contributed by atoms with E-state index in [0.29, 0.717) is 12.4 Å². The van der Waals surface area contributed by atoms with Crippen molar-refractivity contribution in [2.45, 2.75) is 13.5 Å². The van der Waals surface area contributed by atoms with Crippen molar-refractivity contribution in [2.24, 2.45) is 0 Å². The van der Waals surface area contributed by atoms with Crippen LogP contribution in [0.5, 0.6) is 0 Å². The average Bonchev–Trinajstić information content (AvgIpc) is 2.96. The van der Waals surface area contributed by atoms with Crippen molar-refractivity contribution in [3.05, 3.63) is 65.7 Å². The molecule has 21 heavy (non-hydrogen) atoms. The van der Waals surface area contributed by atoms with Crippen LogP contribution in [0, 0.1) is 12.7 Å². The highest BCUT2D eigenvalue weighted by molar-refractivity contribution is 5.55. The summed E-state index contributed by atoms with van der Waals surface area (Å²) in [5.74, 6) is 1.16. The van der Waals surface area contributed by atoms with E-state index in [9.17, 15) is 4.39 Å². The Labute approximate surface area is 122 Å². The van der Waals surface area contributed by atoms with Crippen LogP contribution in [-0.2, 0) is 6.54 Å². The molecule has 2 aromatic carbocycles. The van der Waals surface area contributed by atoms with Crippen LogP contribution >= 0.6 is 0 Å². The highest BCUT2D eigenvalue weighted by atomic mass is 19.1. The molecule has 0 saturated carbocycles. The van der Waals surface area contributed by atoms with Crippen molar-refractivity contribution in [1.82, 2.24) is 15.2 Å². The molecule has 0 unspecified atom stereocenters. The van der Waals surface area contributed by atoms with Crippen molar-refractivity contribution < 1.29 is 4.39 Å². The van der Waals surface area contributed by atoms with Gasteiger partial charge in [0.2, 0.25) is 0 Å². The molecule has 106 valence electrons. The molecule has 3 rings (SSSR count). The van der Waals surface area contributed by atoms with Crippen molar-refractivity contribution in [1.29, 1.82) is 0 Å². The number of hydrogen-bond acceptors (Lipinski definition) is 3. The first kappa shape index (κ1) is 13.3. The van der Waals surface area contributed by atoms with Gasteiger partial charge in [-0.2, -0.15) is 5.10 Å². The maximum absolute atomic E-state index is 12.8. The van der Waals surface area contributed by atoms with Gasteiger partial charge in [0.1, 0.15) is 11.6 Å². The van der Waals surface area contributed by atoms with Gasteiger partial charge in [-0.15, -0.1) is 0 Å². The summed E-state index contributed by atoms with van der Waals surface area (Å²) < 4.78 is 12.8. The minimum absolute atomic E-state index is 0.248. The van der Waals surface area contributed by atoms with E-state index >= 15 is 0 Å². The van der Waals surface area contributed by atoms with Gasteiger partial charge in [0, 0.05) is 11.3 Å². The Morgan fingerprint density at radius 2 is 1.76 bits per heavy atom. The highest BCUT2D eigenvalue weighted by Crippen LogP contribution is 2.15. The Morgan fingerprint density at radius 3 is 2.48 bits per heavy atom. The predicted molar refractivity (Wildman–Crippen MR) is 80.3 cm³/mol. The van der Waals surface area contributed by atoms with E-state index in [1.807, 2.05) is 31.2 Å². The largest absolute Gasteiger partial charge is 0.378 e. The minimum atomic E-state index is -0.248. The molecule has 0 spiro atoms. The third-order valence-electron chi connectivity index (χ3n) is 3.15. The summed E-state index contributed by atoms with van der Waals surface area (Å²) in [5, 5.41) is 10.3. The maximum Gasteiger partial charge on any atom is 0.181 e.